The number of hydrogen-bond acceptors (Lipinski definition) is 5. The summed E-state index contributed by atoms with van der Waals surface area (Å²) in [4.78, 5) is 13.7. The molecule has 7 nitrogen and oxygen atoms in total. The van der Waals surface area contributed by atoms with Gasteiger partial charge in [0.15, 0.2) is 5.96 Å². The highest BCUT2D eigenvalue weighted by Gasteiger charge is 2.21. The maximum absolute atomic E-state index is 9.55. The van der Waals surface area contributed by atoms with Crippen LogP contribution < -0.4 is 15.4 Å². The van der Waals surface area contributed by atoms with Crippen molar-refractivity contribution < 1.29 is 9.84 Å². The second-order valence-corrected chi connectivity index (χ2v) is 8.66. The lowest BCUT2D eigenvalue weighted by molar-refractivity contribution is 0.217. The smallest absolute Gasteiger partial charge is 0.196 e. The maximum atomic E-state index is 9.55. The zero-order valence-electron chi connectivity index (χ0n) is 23.1. The van der Waals surface area contributed by atoms with Crippen molar-refractivity contribution in [3.63, 3.8) is 0 Å². The molecule has 1 atom stereocenters. The number of fused-ring (bicyclic) bond motifs is 1. The second kappa shape index (κ2) is 16.9. The van der Waals surface area contributed by atoms with Crippen LogP contribution in [0.2, 0.25) is 0 Å². The van der Waals surface area contributed by atoms with E-state index in [1.54, 1.807) is 7.05 Å². The van der Waals surface area contributed by atoms with Gasteiger partial charge in [-0.1, -0.05) is 54.0 Å². The topological polar surface area (TPSA) is 91.1 Å². The number of aromatic nitrogens is 1. The lowest BCUT2D eigenvalue weighted by Gasteiger charge is -2.23. The number of nitrogens with one attached hydrogen (secondary N) is 2. The molecule has 0 fully saturated rings. The summed E-state index contributed by atoms with van der Waals surface area (Å²) >= 11 is 0. The summed E-state index contributed by atoms with van der Waals surface area (Å²) in [5.74, 6) is 3.66. The predicted octanol–water partition coefficient (Wildman–Crippen LogP) is 5.06. The monoisotopic (exact) mass is 485 g/mol. The van der Waals surface area contributed by atoms with E-state index in [1.165, 1.54) is 0 Å². The van der Waals surface area contributed by atoms with E-state index < -0.39 is 0 Å². The summed E-state index contributed by atoms with van der Waals surface area (Å²) in [5.41, 5.74) is 3.10. The lowest BCUT2D eigenvalue weighted by atomic mass is 10.0. The van der Waals surface area contributed by atoms with E-state index in [0.29, 0.717) is 24.3 Å². The molecule has 1 aromatic rings. The van der Waals surface area contributed by atoms with Crippen molar-refractivity contribution in [1.29, 1.82) is 0 Å². The molecule has 1 unspecified atom stereocenters. The highest BCUT2D eigenvalue weighted by Crippen LogP contribution is 2.29. The fourth-order valence-corrected chi connectivity index (χ4v) is 3.47. The normalized spacial score (nSPS) is 14.9. The average Bonchev–Trinajstić information content (AvgIpc) is 2.89. The molecule has 196 valence electrons. The molecular formula is C28H47N5O2. The number of rotatable bonds is 10. The number of hydrogen-bond donors (Lipinski definition) is 3. The number of allylic oxidation sites excluding steroid dienone is 2. The molecular weight excluding hydrogens is 438 g/mol. The van der Waals surface area contributed by atoms with Crippen LogP contribution in [0.25, 0.3) is 0 Å². The highest BCUT2D eigenvalue weighted by atomic mass is 16.5. The molecule has 2 rings (SSSR count). The molecule has 1 aliphatic heterocycles. The van der Waals surface area contributed by atoms with Gasteiger partial charge >= 0.3 is 0 Å². The zero-order valence-corrected chi connectivity index (χ0v) is 23.1. The Balaban J connectivity index is 0.00000298. The number of aryl methyl sites for hydroxylation is 1. The van der Waals surface area contributed by atoms with E-state index in [4.69, 9.17) is 9.73 Å². The van der Waals surface area contributed by atoms with Crippen LogP contribution in [-0.4, -0.2) is 48.6 Å². The second-order valence-electron chi connectivity index (χ2n) is 8.66. The molecule has 0 radical (unpaired) electrons. The number of ether oxygens (including phenoxy) is 1. The summed E-state index contributed by atoms with van der Waals surface area (Å²) in [6.07, 6.45) is 9.36. The SMILES string of the molecule is C/C=C(\C1=CCc2cc(CC)ncc2O1)C(=NCCC(CC)CO)NC(=NC)NCC(C)C.CC. The maximum Gasteiger partial charge on any atom is 0.196 e. The van der Waals surface area contributed by atoms with Crippen LogP contribution in [0.5, 0.6) is 5.75 Å². The Morgan fingerprint density at radius 1 is 1.29 bits per heavy atom. The van der Waals surface area contributed by atoms with Crippen LogP contribution in [0.15, 0.2) is 45.7 Å². The summed E-state index contributed by atoms with van der Waals surface area (Å²) < 4.78 is 6.26. The first kappa shape index (κ1) is 30.4. The number of aliphatic hydroxyl groups is 1. The summed E-state index contributed by atoms with van der Waals surface area (Å²) in [7, 11) is 1.76. The van der Waals surface area contributed by atoms with Gasteiger partial charge in [0.05, 0.1) is 11.8 Å². The van der Waals surface area contributed by atoms with Gasteiger partial charge in [0.1, 0.15) is 17.3 Å². The molecule has 35 heavy (non-hydrogen) atoms. The standard InChI is InChI=1S/C26H41N5O2.C2H6/c1-7-19(17-32)12-13-28-25(31-26(27-6)30-15-18(4)5)22(9-3)23-11-10-20-14-21(8-2)29-16-24(20)33-23;1-2/h9,11,14,16,18-19,32H,7-8,10,12-13,15,17H2,1-6H3,(H2,27,28,30,31);1-2H3/b22-9+;. The number of amidine groups is 1. The first-order valence-electron chi connectivity index (χ1n) is 13.1. The molecule has 0 spiro atoms. The van der Waals surface area contributed by atoms with Crippen molar-refractivity contribution in [2.75, 3.05) is 26.7 Å². The lowest BCUT2D eigenvalue weighted by Crippen LogP contribution is -2.43. The Morgan fingerprint density at radius 2 is 2.03 bits per heavy atom. The van der Waals surface area contributed by atoms with Gasteiger partial charge < -0.3 is 20.5 Å². The van der Waals surface area contributed by atoms with Gasteiger partial charge in [-0.15, -0.1) is 0 Å². The number of nitrogens with zero attached hydrogens (tertiary/aromatic N) is 3. The van der Waals surface area contributed by atoms with Crippen LogP contribution in [-0.2, 0) is 12.8 Å². The van der Waals surface area contributed by atoms with Gasteiger partial charge in [0, 0.05) is 38.0 Å². The van der Waals surface area contributed by atoms with Crippen LogP contribution in [0.1, 0.15) is 72.6 Å². The Labute approximate surface area is 212 Å². The van der Waals surface area contributed by atoms with Crippen LogP contribution in [0.3, 0.4) is 0 Å². The number of pyridine rings is 1. The van der Waals surface area contributed by atoms with Crippen molar-refractivity contribution in [2.45, 2.75) is 74.1 Å². The van der Waals surface area contributed by atoms with E-state index in [1.807, 2.05) is 33.0 Å². The molecule has 1 aromatic heterocycles. The fourth-order valence-electron chi connectivity index (χ4n) is 3.47. The van der Waals surface area contributed by atoms with E-state index in [-0.39, 0.29) is 12.5 Å². The van der Waals surface area contributed by atoms with Gasteiger partial charge in [-0.05, 0) is 50.2 Å². The molecule has 0 bridgehead atoms. The van der Waals surface area contributed by atoms with Crippen molar-refractivity contribution in [1.82, 2.24) is 15.6 Å². The van der Waals surface area contributed by atoms with Crippen molar-refractivity contribution in [3.05, 3.63) is 47.0 Å². The molecule has 0 amide bonds. The number of guanidine groups is 1. The summed E-state index contributed by atoms with van der Waals surface area (Å²) in [6.45, 7) is 16.1. The Kier molecular flexibility index (Phi) is 14.6. The van der Waals surface area contributed by atoms with Crippen LogP contribution in [0, 0.1) is 11.8 Å². The number of aliphatic hydroxyl groups excluding tert-OH is 1. The van der Waals surface area contributed by atoms with Crippen LogP contribution in [0.4, 0.5) is 0 Å². The van der Waals surface area contributed by atoms with Crippen LogP contribution >= 0.6 is 0 Å². The molecule has 7 heteroatoms. The van der Waals surface area contributed by atoms with Gasteiger partial charge in [-0.2, -0.15) is 0 Å². The first-order valence-corrected chi connectivity index (χ1v) is 13.1. The van der Waals surface area contributed by atoms with Crippen molar-refractivity contribution in [2.24, 2.45) is 21.8 Å². The Bertz CT molecular complexity index is 883. The average molecular weight is 486 g/mol. The van der Waals surface area contributed by atoms with E-state index >= 15 is 0 Å². The minimum atomic E-state index is 0.181. The van der Waals surface area contributed by atoms with Gasteiger partial charge in [0.2, 0.25) is 0 Å². The molecule has 0 aliphatic carbocycles. The third kappa shape index (κ3) is 9.84. The Morgan fingerprint density at radius 3 is 2.60 bits per heavy atom. The van der Waals surface area contributed by atoms with E-state index in [2.05, 4.69) is 60.4 Å². The third-order valence-electron chi connectivity index (χ3n) is 5.68. The molecule has 0 saturated carbocycles. The van der Waals surface area contributed by atoms with Gasteiger partial charge in [-0.3, -0.25) is 15.0 Å². The summed E-state index contributed by atoms with van der Waals surface area (Å²) in [5, 5.41) is 16.3. The molecule has 0 saturated heterocycles. The van der Waals surface area contributed by atoms with E-state index in [0.717, 1.165) is 60.6 Å². The highest BCUT2D eigenvalue weighted by molar-refractivity contribution is 6.10. The van der Waals surface area contributed by atoms with Gasteiger partial charge in [0.25, 0.3) is 0 Å². The third-order valence-corrected chi connectivity index (χ3v) is 5.68. The fraction of sp³-hybridized carbons (Fsp3) is 0.607. The summed E-state index contributed by atoms with van der Waals surface area (Å²) in [6, 6.07) is 2.11. The van der Waals surface area contributed by atoms with Gasteiger partial charge in [-0.25, -0.2) is 0 Å². The predicted molar refractivity (Wildman–Crippen MR) is 148 cm³/mol. The van der Waals surface area contributed by atoms with Crippen molar-refractivity contribution in [3.8, 4) is 5.75 Å². The number of aliphatic imine (C=N–C) groups is 2. The molecule has 0 aromatic carbocycles. The quantitative estimate of drug-likeness (QED) is 0.318. The van der Waals surface area contributed by atoms with Crippen molar-refractivity contribution >= 4 is 11.8 Å². The minimum Gasteiger partial charge on any atom is -0.455 e. The minimum absolute atomic E-state index is 0.181. The largest absolute Gasteiger partial charge is 0.455 e. The molecule has 3 N–H and O–H groups in total. The Hall–Kier alpha value is -2.67. The van der Waals surface area contributed by atoms with E-state index in [9.17, 15) is 5.11 Å². The zero-order chi connectivity index (χ0) is 26.2. The first-order chi connectivity index (χ1) is 16.9. The molecule has 1 aliphatic rings. The molecule has 2 heterocycles.